The minimum atomic E-state index is -0.747. The van der Waals surface area contributed by atoms with Gasteiger partial charge in [-0.2, -0.15) is 0 Å². The lowest BCUT2D eigenvalue weighted by atomic mass is 9.89. The molecule has 0 aromatic heterocycles. The highest BCUT2D eigenvalue weighted by Gasteiger charge is 2.25. The van der Waals surface area contributed by atoms with E-state index in [-0.39, 0.29) is 0 Å². The van der Waals surface area contributed by atoms with Crippen LogP contribution in [-0.2, 0) is 5.60 Å². The summed E-state index contributed by atoms with van der Waals surface area (Å²) in [6, 6.07) is 9.70. The largest absolute Gasteiger partial charge is 0.385 e. The van der Waals surface area contributed by atoms with Crippen LogP contribution in [0.5, 0.6) is 0 Å². The van der Waals surface area contributed by atoms with Crippen LogP contribution in [0.4, 0.5) is 0 Å². The summed E-state index contributed by atoms with van der Waals surface area (Å²) in [6.45, 7) is 1.97. The summed E-state index contributed by atoms with van der Waals surface area (Å²) in [5.74, 6) is 0.485. The number of aliphatic hydroxyl groups is 1. The number of halogens is 1. The van der Waals surface area contributed by atoms with E-state index in [2.05, 4.69) is 0 Å². The first-order valence-electron chi connectivity index (χ1n) is 4.57. The van der Waals surface area contributed by atoms with Crippen molar-refractivity contribution in [3.63, 3.8) is 0 Å². The third kappa shape index (κ3) is 2.45. The third-order valence-electron chi connectivity index (χ3n) is 2.40. The Bertz CT molecular complexity index is 248. The van der Waals surface area contributed by atoms with Gasteiger partial charge in [-0.15, -0.1) is 11.6 Å². The Hall–Kier alpha value is -0.530. The van der Waals surface area contributed by atoms with E-state index < -0.39 is 5.60 Å². The van der Waals surface area contributed by atoms with Gasteiger partial charge in [0, 0.05) is 5.88 Å². The van der Waals surface area contributed by atoms with Crippen LogP contribution in [0.2, 0.25) is 0 Å². The predicted octanol–water partition coefficient (Wildman–Crippen LogP) is 2.91. The van der Waals surface area contributed by atoms with Gasteiger partial charge < -0.3 is 5.11 Å². The van der Waals surface area contributed by atoms with Crippen molar-refractivity contribution >= 4 is 11.6 Å². The van der Waals surface area contributed by atoms with Gasteiger partial charge >= 0.3 is 0 Å². The Balaban J connectivity index is 2.89. The normalized spacial score (nSPS) is 15.3. The first-order chi connectivity index (χ1) is 6.23. The van der Waals surface area contributed by atoms with Crippen molar-refractivity contribution in [3.8, 4) is 0 Å². The van der Waals surface area contributed by atoms with Gasteiger partial charge in [-0.3, -0.25) is 0 Å². The fraction of sp³-hybridized carbons (Fsp3) is 0.455. The van der Waals surface area contributed by atoms with E-state index in [1.165, 1.54) is 0 Å². The van der Waals surface area contributed by atoms with Gasteiger partial charge in [0.25, 0.3) is 0 Å². The lowest BCUT2D eigenvalue weighted by molar-refractivity contribution is 0.0293. The number of alkyl halides is 1. The summed E-state index contributed by atoms with van der Waals surface area (Å²) in [5.41, 5.74) is 0.210. The second-order valence-electron chi connectivity index (χ2n) is 3.19. The molecular formula is C11H15ClO. The Labute approximate surface area is 84.4 Å². The molecule has 0 aliphatic rings. The molecule has 0 aliphatic carbocycles. The van der Waals surface area contributed by atoms with Crippen LogP contribution in [0, 0.1) is 0 Å². The molecule has 1 unspecified atom stereocenters. The minimum Gasteiger partial charge on any atom is -0.385 e. The van der Waals surface area contributed by atoms with E-state index in [4.69, 9.17) is 11.6 Å². The first kappa shape index (κ1) is 10.6. The van der Waals surface area contributed by atoms with E-state index >= 15 is 0 Å². The fourth-order valence-electron chi connectivity index (χ4n) is 1.43. The van der Waals surface area contributed by atoms with Crippen LogP contribution in [-0.4, -0.2) is 11.0 Å². The Kier molecular flexibility index (Phi) is 3.76. The summed E-state index contributed by atoms with van der Waals surface area (Å²) in [6.07, 6.45) is 1.30. The molecule has 1 N–H and O–H groups in total. The summed E-state index contributed by atoms with van der Waals surface area (Å²) in [7, 11) is 0. The molecule has 1 rings (SSSR count). The summed E-state index contributed by atoms with van der Waals surface area (Å²) in [5, 5.41) is 10.2. The van der Waals surface area contributed by atoms with Gasteiger partial charge in [0.2, 0.25) is 0 Å². The van der Waals surface area contributed by atoms with E-state index in [1.54, 1.807) is 0 Å². The monoisotopic (exact) mass is 198 g/mol. The zero-order valence-electron chi connectivity index (χ0n) is 7.83. The zero-order chi connectivity index (χ0) is 9.73. The molecule has 1 aromatic carbocycles. The zero-order valence-corrected chi connectivity index (χ0v) is 8.59. The van der Waals surface area contributed by atoms with Gasteiger partial charge in [0.05, 0.1) is 5.60 Å². The van der Waals surface area contributed by atoms with Gasteiger partial charge in [-0.25, -0.2) is 0 Å². The SMILES string of the molecule is CCC(O)(CCCl)c1ccccc1. The second-order valence-corrected chi connectivity index (χ2v) is 3.57. The Morgan fingerprint density at radius 3 is 2.38 bits per heavy atom. The van der Waals surface area contributed by atoms with Crippen molar-refractivity contribution in [2.45, 2.75) is 25.4 Å². The standard InChI is InChI=1S/C11H15ClO/c1-2-11(13,8-9-12)10-6-4-3-5-7-10/h3-7,13H,2,8-9H2,1H3. The minimum absolute atomic E-state index is 0.485. The third-order valence-corrected chi connectivity index (χ3v) is 2.59. The molecule has 1 atom stereocenters. The van der Waals surface area contributed by atoms with E-state index in [0.717, 1.165) is 5.56 Å². The lowest BCUT2D eigenvalue weighted by Crippen LogP contribution is -2.25. The molecule has 0 aliphatic heterocycles. The molecule has 2 heteroatoms. The molecule has 0 saturated heterocycles. The van der Waals surface area contributed by atoms with Crippen LogP contribution in [0.25, 0.3) is 0 Å². The molecule has 0 amide bonds. The predicted molar refractivity (Wildman–Crippen MR) is 56.0 cm³/mol. The molecule has 0 fully saturated rings. The maximum atomic E-state index is 10.2. The number of hydrogen-bond acceptors (Lipinski definition) is 1. The van der Waals surface area contributed by atoms with Gasteiger partial charge in [-0.1, -0.05) is 37.3 Å². The summed E-state index contributed by atoms with van der Waals surface area (Å²) < 4.78 is 0. The molecule has 0 heterocycles. The quantitative estimate of drug-likeness (QED) is 0.738. The molecule has 0 spiro atoms. The van der Waals surface area contributed by atoms with E-state index in [9.17, 15) is 5.11 Å². The van der Waals surface area contributed by atoms with Crippen molar-refractivity contribution in [1.82, 2.24) is 0 Å². The number of benzene rings is 1. The van der Waals surface area contributed by atoms with Crippen molar-refractivity contribution in [2.75, 3.05) is 5.88 Å². The number of rotatable bonds is 4. The lowest BCUT2D eigenvalue weighted by Gasteiger charge is -2.26. The van der Waals surface area contributed by atoms with E-state index in [1.807, 2.05) is 37.3 Å². The van der Waals surface area contributed by atoms with Crippen LogP contribution in [0.1, 0.15) is 25.3 Å². The highest BCUT2D eigenvalue weighted by Crippen LogP contribution is 2.28. The Morgan fingerprint density at radius 1 is 1.31 bits per heavy atom. The summed E-state index contributed by atoms with van der Waals surface area (Å²) in [4.78, 5) is 0. The maximum Gasteiger partial charge on any atom is 0.0905 e. The van der Waals surface area contributed by atoms with Crippen molar-refractivity contribution in [2.24, 2.45) is 0 Å². The highest BCUT2D eigenvalue weighted by molar-refractivity contribution is 6.17. The summed E-state index contributed by atoms with van der Waals surface area (Å²) >= 11 is 5.65. The van der Waals surface area contributed by atoms with Crippen LogP contribution in [0.3, 0.4) is 0 Å². The number of hydrogen-bond donors (Lipinski definition) is 1. The molecular weight excluding hydrogens is 184 g/mol. The van der Waals surface area contributed by atoms with Gasteiger partial charge in [0.15, 0.2) is 0 Å². The smallest absolute Gasteiger partial charge is 0.0905 e. The molecule has 1 nitrogen and oxygen atoms in total. The molecule has 0 saturated carbocycles. The second kappa shape index (κ2) is 4.64. The molecule has 0 radical (unpaired) electrons. The fourth-order valence-corrected chi connectivity index (χ4v) is 1.74. The highest BCUT2D eigenvalue weighted by atomic mass is 35.5. The van der Waals surface area contributed by atoms with Crippen molar-refractivity contribution in [3.05, 3.63) is 35.9 Å². The van der Waals surface area contributed by atoms with Crippen LogP contribution >= 0.6 is 11.6 Å². The Morgan fingerprint density at radius 2 is 1.92 bits per heavy atom. The first-order valence-corrected chi connectivity index (χ1v) is 5.10. The van der Waals surface area contributed by atoms with E-state index in [0.29, 0.717) is 18.7 Å². The maximum absolute atomic E-state index is 10.2. The van der Waals surface area contributed by atoms with Gasteiger partial charge in [0.1, 0.15) is 0 Å². The van der Waals surface area contributed by atoms with Gasteiger partial charge in [-0.05, 0) is 18.4 Å². The molecule has 1 aromatic rings. The van der Waals surface area contributed by atoms with Crippen LogP contribution in [0.15, 0.2) is 30.3 Å². The topological polar surface area (TPSA) is 20.2 Å². The van der Waals surface area contributed by atoms with Crippen molar-refractivity contribution < 1.29 is 5.11 Å². The average molecular weight is 199 g/mol. The molecule has 0 bridgehead atoms. The average Bonchev–Trinajstić information content (AvgIpc) is 2.19. The van der Waals surface area contributed by atoms with Crippen molar-refractivity contribution in [1.29, 1.82) is 0 Å². The molecule has 72 valence electrons. The van der Waals surface area contributed by atoms with Crippen LogP contribution < -0.4 is 0 Å². The molecule has 13 heavy (non-hydrogen) atoms.